The highest BCUT2D eigenvalue weighted by Gasteiger charge is 2.42. The van der Waals surface area contributed by atoms with Crippen molar-refractivity contribution >= 4 is 41.6 Å². The van der Waals surface area contributed by atoms with Crippen molar-refractivity contribution in [2.75, 3.05) is 10.9 Å². The molecule has 35 heavy (non-hydrogen) atoms. The van der Waals surface area contributed by atoms with E-state index in [0.717, 1.165) is 23.5 Å². The molecule has 1 unspecified atom stereocenters. The number of aromatic nitrogens is 1. The highest BCUT2D eigenvalue weighted by Crippen LogP contribution is 2.44. The van der Waals surface area contributed by atoms with E-state index in [2.05, 4.69) is 38.8 Å². The van der Waals surface area contributed by atoms with Gasteiger partial charge in [-0.05, 0) is 45.0 Å². The molecule has 3 rings (SSSR count). The number of rotatable bonds is 5. The number of carbonyl (C=O) groups excluding carboxylic acids is 1. The fourth-order valence-corrected chi connectivity index (χ4v) is 6.47. The summed E-state index contributed by atoms with van der Waals surface area (Å²) in [6, 6.07) is 2.25. The van der Waals surface area contributed by atoms with Gasteiger partial charge < -0.3 is 13.9 Å². The minimum Gasteiger partial charge on any atom is -0.493 e. The number of hydrogen-bond acceptors (Lipinski definition) is 8. The lowest BCUT2D eigenvalue weighted by atomic mass is 10.0. The molecule has 0 fully saturated rings. The Hall–Kier alpha value is -2.02. The van der Waals surface area contributed by atoms with E-state index in [1.165, 1.54) is 10.9 Å². The highest BCUT2D eigenvalue weighted by atomic mass is 32.2. The van der Waals surface area contributed by atoms with E-state index in [1.807, 2.05) is 0 Å². The first-order chi connectivity index (χ1) is 15.9. The van der Waals surface area contributed by atoms with Gasteiger partial charge in [-0.25, -0.2) is 22.6 Å². The number of ether oxygens (including phenoxy) is 2. The SMILES string of the molecule is CC(C)(C)OC(=O)N(c1cscn1)S(=O)(=O)c1cc2c(cc1F)C(O[Si](C)(C)C(C)(C)C)CCO2. The molecule has 0 N–H and O–H groups in total. The second-order valence-electron chi connectivity index (χ2n) is 10.9. The number of anilines is 1. The Morgan fingerprint density at radius 2 is 1.89 bits per heavy atom. The molecule has 2 aromatic rings. The summed E-state index contributed by atoms with van der Waals surface area (Å²) in [6.45, 7) is 15.6. The van der Waals surface area contributed by atoms with Crippen molar-refractivity contribution in [3.8, 4) is 5.75 Å². The molecule has 12 heteroatoms. The fourth-order valence-electron chi connectivity index (χ4n) is 3.23. The summed E-state index contributed by atoms with van der Waals surface area (Å²) in [5.41, 5.74) is 0.847. The Morgan fingerprint density at radius 3 is 2.43 bits per heavy atom. The second kappa shape index (κ2) is 9.45. The largest absolute Gasteiger partial charge is 0.493 e. The van der Waals surface area contributed by atoms with E-state index in [1.54, 1.807) is 20.8 Å². The standard InChI is InChI=1S/C23H33FN2O6S2Si/c1-22(2,3)31-21(27)26(20-13-33-14-25-20)34(28,29)19-12-18-15(11-16(19)24)17(9-10-30-18)32-35(7,8)23(4,5)6/h11-14,17H,9-10H2,1-8H3. The maximum atomic E-state index is 15.4. The van der Waals surface area contributed by atoms with Crippen molar-refractivity contribution in [1.82, 2.24) is 4.98 Å². The van der Waals surface area contributed by atoms with Crippen molar-refractivity contribution < 1.29 is 31.5 Å². The maximum Gasteiger partial charge on any atom is 0.430 e. The van der Waals surface area contributed by atoms with Gasteiger partial charge in [-0.2, -0.15) is 0 Å². The van der Waals surface area contributed by atoms with E-state index < -0.39 is 46.9 Å². The number of carbonyl (C=O) groups is 1. The van der Waals surface area contributed by atoms with Gasteiger partial charge in [0.2, 0.25) is 0 Å². The fraction of sp³-hybridized carbons (Fsp3) is 0.565. The predicted molar refractivity (Wildman–Crippen MR) is 136 cm³/mol. The third-order valence-electron chi connectivity index (χ3n) is 6.00. The zero-order chi connectivity index (χ0) is 26.4. The van der Waals surface area contributed by atoms with Gasteiger partial charge in [0.1, 0.15) is 22.1 Å². The topological polar surface area (TPSA) is 95.0 Å². The first kappa shape index (κ1) is 27.6. The summed E-state index contributed by atoms with van der Waals surface area (Å²) >= 11 is 1.09. The van der Waals surface area contributed by atoms with Gasteiger partial charge in [-0.15, -0.1) is 15.6 Å². The smallest absolute Gasteiger partial charge is 0.430 e. The Kier molecular flexibility index (Phi) is 7.44. The van der Waals surface area contributed by atoms with Gasteiger partial charge in [-0.1, -0.05) is 20.8 Å². The second-order valence-corrected chi connectivity index (χ2v) is 18.2. The lowest BCUT2D eigenvalue weighted by Crippen LogP contribution is -2.43. The summed E-state index contributed by atoms with van der Waals surface area (Å²) in [7, 11) is -6.91. The molecule has 1 atom stereocenters. The zero-order valence-electron chi connectivity index (χ0n) is 21.3. The zero-order valence-corrected chi connectivity index (χ0v) is 24.0. The van der Waals surface area contributed by atoms with Crippen molar-refractivity contribution in [3.63, 3.8) is 0 Å². The first-order valence-electron chi connectivity index (χ1n) is 11.2. The van der Waals surface area contributed by atoms with Crippen LogP contribution in [0.25, 0.3) is 0 Å². The molecule has 1 aromatic carbocycles. The molecule has 0 spiro atoms. The number of benzene rings is 1. The monoisotopic (exact) mass is 544 g/mol. The van der Waals surface area contributed by atoms with E-state index >= 15 is 4.39 Å². The highest BCUT2D eigenvalue weighted by molar-refractivity contribution is 7.93. The minimum atomic E-state index is -4.72. The van der Waals surface area contributed by atoms with Crippen molar-refractivity contribution in [3.05, 3.63) is 34.4 Å². The van der Waals surface area contributed by atoms with Crippen LogP contribution in [0.1, 0.15) is 59.6 Å². The average molecular weight is 545 g/mol. The number of nitrogens with zero attached hydrogens (tertiary/aromatic N) is 2. The third kappa shape index (κ3) is 5.87. The first-order valence-corrected chi connectivity index (χ1v) is 16.5. The number of amides is 1. The molecule has 0 radical (unpaired) electrons. The van der Waals surface area contributed by atoms with Crippen LogP contribution in [-0.2, 0) is 19.2 Å². The molecule has 194 valence electrons. The lowest BCUT2D eigenvalue weighted by Gasteiger charge is -2.40. The van der Waals surface area contributed by atoms with Crippen LogP contribution >= 0.6 is 11.3 Å². The Labute approximate surface area is 211 Å². The molecule has 1 aliphatic heterocycles. The van der Waals surface area contributed by atoms with Crippen LogP contribution in [0.5, 0.6) is 5.75 Å². The van der Waals surface area contributed by atoms with Crippen LogP contribution in [0, 0.1) is 5.82 Å². The molecule has 0 aliphatic carbocycles. The quantitative estimate of drug-likeness (QED) is 0.410. The lowest BCUT2D eigenvalue weighted by molar-refractivity contribution is 0.0608. The number of sulfonamides is 1. The van der Waals surface area contributed by atoms with Gasteiger partial charge in [0.25, 0.3) is 10.0 Å². The molecule has 8 nitrogen and oxygen atoms in total. The van der Waals surface area contributed by atoms with E-state index in [0.29, 0.717) is 22.9 Å². The summed E-state index contributed by atoms with van der Waals surface area (Å²) in [5, 5.41) is 1.31. The van der Waals surface area contributed by atoms with Crippen LogP contribution in [-0.4, -0.2) is 40.0 Å². The summed E-state index contributed by atoms with van der Waals surface area (Å²) in [6.07, 6.45) is -1.08. The molecule has 0 saturated carbocycles. The normalized spacial score (nSPS) is 16.9. The molecular formula is C23H33FN2O6S2Si. The van der Waals surface area contributed by atoms with E-state index in [4.69, 9.17) is 13.9 Å². The number of thiazole rings is 1. The summed E-state index contributed by atoms with van der Waals surface area (Å²) in [4.78, 5) is 16.1. The maximum absolute atomic E-state index is 15.4. The Balaban J connectivity index is 2.06. The van der Waals surface area contributed by atoms with Crippen LogP contribution in [0.15, 0.2) is 27.9 Å². The van der Waals surface area contributed by atoms with Crippen LogP contribution in [0.3, 0.4) is 0 Å². The molecule has 2 heterocycles. The third-order valence-corrected chi connectivity index (χ3v) is 12.7. The Bertz CT molecular complexity index is 1190. The van der Waals surface area contributed by atoms with Gasteiger partial charge in [0.05, 0.1) is 18.2 Å². The van der Waals surface area contributed by atoms with Crippen LogP contribution in [0.2, 0.25) is 18.1 Å². The van der Waals surface area contributed by atoms with Gasteiger partial charge in [-0.3, -0.25) is 0 Å². The number of halogens is 1. The van der Waals surface area contributed by atoms with E-state index in [9.17, 15) is 13.2 Å². The molecule has 1 amide bonds. The van der Waals surface area contributed by atoms with Crippen molar-refractivity contribution in [2.24, 2.45) is 0 Å². The average Bonchev–Trinajstić information content (AvgIpc) is 3.19. The molecule has 0 saturated heterocycles. The number of fused-ring (bicyclic) bond motifs is 1. The predicted octanol–water partition coefficient (Wildman–Crippen LogP) is 6.26. The minimum absolute atomic E-state index is 0.0608. The molecule has 1 aliphatic rings. The van der Waals surface area contributed by atoms with Crippen LogP contribution < -0.4 is 9.04 Å². The van der Waals surface area contributed by atoms with Gasteiger partial charge >= 0.3 is 6.09 Å². The molecule has 0 bridgehead atoms. The number of hydrogen-bond donors (Lipinski definition) is 0. The van der Waals surface area contributed by atoms with Crippen molar-refractivity contribution in [1.29, 1.82) is 0 Å². The molecular weight excluding hydrogens is 511 g/mol. The summed E-state index contributed by atoms with van der Waals surface area (Å²) < 4.78 is 60.5. The van der Waals surface area contributed by atoms with Gasteiger partial charge in [0.15, 0.2) is 14.1 Å². The molecule has 1 aromatic heterocycles. The van der Waals surface area contributed by atoms with Gasteiger partial charge in [0, 0.05) is 23.4 Å². The van der Waals surface area contributed by atoms with Crippen LogP contribution in [0.4, 0.5) is 15.0 Å². The van der Waals surface area contributed by atoms with E-state index in [-0.39, 0.29) is 16.6 Å². The van der Waals surface area contributed by atoms with Crippen molar-refractivity contribution in [2.45, 2.75) is 82.7 Å². The Morgan fingerprint density at radius 1 is 1.23 bits per heavy atom. The summed E-state index contributed by atoms with van der Waals surface area (Å²) in [5.74, 6) is -0.981.